The van der Waals surface area contributed by atoms with Crippen LogP contribution in [-0.2, 0) is 4.74 Å². The lowest BCUT2D eigenvalue weighted by molar-refractivity contribution is -0.00834. The van der Waals surface area contributed by atoms with Crippen LogP contribution in [0.5, 0.6) is 0 Å². The normalized spacial score (nSPS) is 26.4. The molecule has 0 aromatic heterocycles. The van der Waals surface area contributed by atoms with Crippen molar-refractivity contribution in [3.63, 3.8) is 0 Å². The van der Waals surface area contributed by atoms with Crippen LogP contribution in [-0.4, -0.2) is 86.9 Å². The molecular formula is C18H36IN5O. The molecule has 1 atom stereocenters. The van der Waals surface area contributed by atoms with Crippen LogP contribution in [0.25, 0.3) is 0 Å². The molecule has 0 radical (unpaired) electrons. The van der Waals surface area contributed by atoms with Crippen LogP contribution in [0, 0.1) is 5.92 Å². The molecule has 0 aromatic rings. The molecule has 3 fully saturated rings. The van der Waals surface area contributed by atoms with Crippen molar-refractivity contribution >= 4 is 29.9 Å². The second-order valence-electron chi connectivity index (χ2n) is 8.10. The lowest BCUT2D eigenvalue weighted by atomic mass is 10.0. The summed E-state index contributed by atoms with van der Waals surface area (Å²) in [6.45, 7) is 12.8. The van der Waals surface area contributed by atoms with E-state index < -0.39 is 0 Å². The summed E-state index contributed by atoms with van der Waals surface area (Å²) in [7, 11) is 1.86. The van der Waals surface area contributed by atoms with Crippen LogP contribution in [0.4, 0.5) is 0 Å². The first-order chi connectivity index (χ1) is 11.6. The molecule has 0 bridgehead atoms. The molecule has 7 heteroatoms. The van der Waals surface area contributed by atoms with Gasteiger partial charge >= 0.3 is 0 Å². The molecule has 2 heterocycles. The van der Waals surface area contributed by atoms with Crippen LogP contribution in [0.1, 0.15) is 33.1 Å². The molecule has 3 aliphatic rings. The predicted molar refractivity (Wildman–Crippen MR) is 114 cm³/mol. The summed E-state index contributed by atoms with van der Waals surface area (Å²) in [6, 6.07) is 0.904. The fourth-order valence-electron chi connectivity index (χ4n) is 3.84. The Labute approximate surface area is 170 Å². The average Bonchev–Trinajstić information content (AvgIpc) is 3.34. The largest absolute Gasteiger partial charge is 0.379 e. The quantitative estimate of drug-likeness (QED) is 0.353. The van der Waals surface area contributed by atoms with Gasteiger partial charge in [-0.2, -0.15) is 0 Å². The average molecular weight is 465 g/mol. The lowest BCUT2D eigenvalue weighted by Crippen LogP contribution is -2.56. The smallest absolute Gasteiger partial charge is 0.191 e. The molecule has 0 spiro atoms. The summed E-state index contributed by atoms with van der Waals surface area (Å²) < 4.78 is 5.46. The van der Waals surface area contributed by atoms with Gasteiger partial charge in [0.2, 0.25) is 0 Å². The molecule has 6 nitrogen and oxygen atoms in total. The molecule has 0 aromatic carbocycles. The number of aliphatic imine (C=N–C) groups is 1. The maximum absolute atomic E-state index is 5.46. The Morgan fingerprint density at radius 1 is 1.12 bits per heavy atom. The number of halogens is 1. The SMILES string of the molecule is CN=C(NCC1CCN(C2CC2)C1)NCC(C)(C)N1CCOCC1.I. The van der Waals surface area contributed by atoms with Gasteiger partial charge in [-0.05, 0) is 45.6 Å². The van der Waals surface area contributed by atoms with Crippen molar-refractivity contribution in [2.75, 3.05) is 59.5 Å². The van der Waals surface area contributed by atoms with E-state index in [2.05, 4.69) is 39.3 Å². The minimum absolute atomic E-state index is 0. The standard InChI is InChI=1S/C18H35N5O.HI/c1-18(2,23-8-10-24-11-9-23)14-21-17(19-3)20-12-15-6-7-22(13-15)16-4-5-16;/h15-16H,4-14H2,1-3H3,(H2,19,20,21);1H. The van der Waals surface area contributed by atoms with Crippen molar-refractivity contribution in [1.82, 2.24) is 20.4 Å². The van der Waals surface area contributed by atoms with Gasteiger partial charge in [-0.25, -0.2) is 0 Å². The van der Waals surface area contributed by atoms with E-state index >= 15 is 0 Å². The second kappa shape index (κ2) is 9.71. The van der Waals surface area contributed by atoms with Crippen molar-refractivity contribution in [3.05, 3.63) is 0 Å². The van der Waals surface area contributed by atoms with Gasteiger partial charge in [0.15, 0.2) is 5.96 Å². The fourth-order valence-corrected chi connectivity index (χ4v) is 3.84. The highest BCUT2D eigenvalue weighted by Crippen LogP contribution is 2.31. The highest BCUT2D eigenvalue weighted by Gasteiger charge is 2.34. The molecule has 2 N–H and O–H groups in total. The highest BCUT2D eigenvalue weighted by molar-refractivity contribution is 14.0. The van der Waals surface area contributed by atoms with Crippen molar-refractivity contribution in [2.24, 2.45) is 10.9 Å². The Balaban J connectivity index is 0.00000225. The van der Waals surface area contributed by atoms with Crippen LogP contribution in [0.15, 0.2) is 4.99 Å². The van der Waals surface area contributed by atoms with Gasteiger partial charge in [-0.3, -0.25) is 9.89 Å². The van der Waals surface area contributed by atoms with E-state index in [0.29, 0.717) is 0 Å². The molecule has 25 heavy (non-hydrogen) atoms. The van der Waals surface area contributed by atoms with Crippen LogP contribution in [0.3, 0.4) is 0 Å². The zero-order chi connectivity index (χ0) is 17.0. The number of ether oxygens (including phenoxy) is 1. The summed E-state index contributed by atoms with van der Waals surface area (Å²) in [4.78, 5) is 9.57. The number of likely N-dealkylation sites (tertiary alicyclic amines) is 1. The predicted octanol–water partition coefficient (Wildman–Crippen LogP) is 1.36. The van der Waals surface area contributed by atoms with Gasteiger partial charge in [0, 0.05) is 51.4 Å². The Kier molecular flexibility index (Phi) is 8.23. The first kappa shape index (κ1) is 21.2. The molecule has 1 saturated carbocycles. The van der Waals surface area contributed by atoms with Gasteiger partial charge in [-0.1, -0.05) is 0 Å². The monoisotopic (exact) mass is 465 g/mol. The van der Waals surface area contributed by atoms with Crippen molar-refractivity contribution in [3.8, 4) is 0 Å². The van der Waals surface area contributed by atoms with Crippen molar-refractivity contribution in [2.45, 2.75) is 44.7 Å². The van der Waals surface area contributed by atoms with Gasteiger partial charge in [0.05, 0.1) is 13.2 Å². The third-order valence-corrected chi connectivity index (χ3v) is 5.72. The summed E-state index contributed by atoms with van der Waals surface area (Å²) >= 11 is 0. The number of nitrogens with zero attached hydrogens (tertiary/aromatic N) is 3. The number of rotatable bonds is 6. The zero-order valence-corrected chi connectivity index (χ0v) is 18.4. The van der Waals surface area contributed by atoms with E-state index in [1.807, 2.05) is 7.05 Å². The minimum atomic E-state index is 0. The topological polar surface area (TPSA) is 52.1 Å². The molecule has 0 amide bonds. The van der Waals surface area contributed by atoms with E-state index in [9.17, 15) is 0 Å². The Hall–Kier alpha value is -0.120. The van der Waals surface area contributed by atoms with Crippen LogP contribution >= 0.6 is 24.0 Å². The van der Waals surface area contributed by atoms with Gasteiger partial charge in [0.1, 0.15) is 0 Å². The highest BCUT2D eigenvalue weighted by atomic mass is 127. The Bertz CT molecular complexity index is 435. The Morgan fingerprint density at radius 3 is 2.48 bits per heavy atom. The zero-order valence-electron chi connectivity index (χ0n) is 16.1. The molecule has 1 aliphatic carbocycles. The number of guanidine groups is 1. The molecule has 3 rings (SSSR count). The van der Waals surface area contributed by atoms with Crippen molar-refractivity contribution in [1.29, 1.82) is 0 Å². The molecular weight excluding hydrogens is 429 g/mol. The maximum Gasteiger partial charge on any atom is 0.191 e. The number of morpholine rings is 1. The molecule has 2 saturated heterocycles. The third-order valence-electron chi connectivity index (χ3n) is 5.72. The maximum atomic E-state index is 5.46. The minimum Gasteiger partial charge on any atom is -0.379 e. The van der Waals surface area contributed by atoms with E-state index in [4.69, 9.17) is 4.74 Å². The van der Waals surface area contributed by atoms with E-state index in [1.165, 1.54) is 32.4 Å². The van der Waals surface area contributed by atoms with Crippen LogP contribution < -0.4 is 10.6 Å². The summed E-state index contributed by atoms with van der Waals surface area (Å²) in [6.07, 6.45) is 4.15. The Morgan fingerprint density at radius 2 is 1.84 bits per heavy atom. The van der Waals surface area contributed by atoms with E-state index in [1.54, 1.807) is 0 Å². The summed E-state index contributed by atoms with van der Waals surface area (Å²) in [5, 5.41) is 7.06. The van der Waals surface area contributed by atoms with Gasteiger partial charge in [-0.15, -0.1) is 24.0 Å². The lowest BCUT2D eigenvalue weighted by Gasteiger charge is -2.41. The molecule has 146 valence electrons. The summed E-state index contributed by atoms with van der Waals surface area (Å²) in [5.74, 6) is 1.69. The van der Waals surface area contributed by atoms with Gasteiger partial charge < -0.3 is 20.3 Å². The van der Waals surface area contributed by atoms with E-state index in [0.717, 1.165) is 57.3 Å². The van der Waals surface area contributed by atoms with Crippen LogP contribution in [0.2, 0.25) is 0 Å². The first-order valence-corrected chi connectivity index (χ1v) is 9.60. The number of nitrogens with one attached hydrogen (secondary N) is 2. The molecule has 2 aliphatic heterocycles. The first-order valence-electron chi connectivity index (χ1n) is 9.60. The number of hydrogen-bond acceptors (Lipinski definition) is 4. The second-order valence-corrected chi connectivity index (χ2v) is 8.10. The van der Waals surface area contributed by atoms with Gasteiger partial charge in [0.25, 0.3) is 0 Å². The van der Waals surface area contributed by atoms with E-state index in [-0.39, 0.29) is 29.5 Å². The summed E-state index contributed by atoms with van der Waals surface area (Å²) in [5.41, 5.74) is 0.109. The number of hydrogen-bond donors (Lipinski definition) is 2. The third kappa shape index (κ3) is 6.22. The molecule has 1 unspecified atom stereocenters. The van der Waals surface area contributed by atoms with Crippen molar-refractivity contribution < 1.29 is 4.74 Å². The fraction of sp³-hybridized carbons (Fsp3) is 0.944.